The van der Waals surface area contributed by atoms with E-state index in [0.29, 0.717) is 28.5 Å². The molecule has 0 spiro atoms. The van der Waals surface area contributed by atoms with Crippen molar-refractivity contribution < 1.29 is 19.1 Å². The third-order valence-corrected chi connectivity index (χ3v) is 3.61. The fourth-order valence-corrected chi connectivity index (χ4v) is 2.49. The van der Waals surface area contributed by atoms with Crippen molar-refractivity contribution in [1.29, 1.82) is 0 Å². The summed E-state index contributed by atoms with van der Waals surface area (Å²) in [6.45, 7) is 2.47. The van der Waals surface area contributed by atoms with Gasteiger partial charge < -0.3 is 14.8 Å². The summed E-state index contributed by atoms with van der Waals surface area (Å²) in [5.74, 6) is -0.0478. The Kier molecular flexibility index (Phi) is 4.94. The zero-order valence-electron chi connectivity index (χ0n) is 11.7. The summed E-state index contributed by atoms with van der Waals surface area (Å²) in [4.78, 5) is 24.1. The van der Waals surface area contributed by atoms with Crippen LogP contribution in [0.1, 0.15) is 27.0 Å². The summed E-state index contributed by atoms with van der Waals surface area (Å²) in [5, 5.41) is 4.43. The van der Waals surface area contributed by atoms with Crippen molar-refractivity contribution in [2.24, 2.45) is 0 Å². The number of carbonyl (C=O) groups excluding carboxylic acids is 2. The Morgan fingerprint density at radius 1 is 1.19 bits per heavy atom. The van der Waals surface area contributed by atoms with E-state index < -0.39 is 5.97 Å². The molecule has 110 valence electrons. The van der Waals surface area contributed by atoms with E-state index in [4.69, 9.17) is 4.74 Å². The molecular weight excluding hydrogens is 290 g/mol. The molecule has 0 fully saturated rings. The molecular formula is C15H15NO4S. The van der Waals surface area contributed by atoms with Crippen LogP contribution in [0.4, 0.5) is 5.69 Å². The number of ether oxygens (including phenoxy) is 2. The molecule has 1 N–H and O–H groups in total. The molecule has 21 heavy (non-hydrogen) atoms. The molecule has 5 nitrogen and oxygen atoms in total. The van der Waals surface area contributed by atoms with Crippen LogP contribution in [0.15, 0.2) is 35.7 Å². The Morgan fingerprint density at radius 2 is 1.90 bits per heavy atom. The van der Waals surface area contributed by atoms with Crippen LogP contribution >= 0.6 is 11.3 Å². The van der Waals surface area contributed by atoms with E-state index in [2.05, 4.69) is 10.1 Å². The van der Waals surface area contributed by atoms with Crippen molar-refractivity contribution in [3.05, 3.63) is 46.2 Å². The number of rotatable bonds is 5. The zero-order chi connectivity index (χ0) is 15.2. The van der Waals surface area contributed by atoms with Crippen LogP contribution in [0, 0.1) is 0 Å². The van der Waals surface area contributed by atoms with Gasteiger partial charge in [-0.2, -0.15) is 0 Å². The second-order valence-electron chi connectivity index (χ2n) is 4.07. The van der Waals surface area contributed by atoms with Gasteiger partial charge in [-0.25, -0.2) is 4.79 Å². The predicted octanol–water partition coefficient (Wildman–Crippen LogP) is 3.19. The van der Waals surface area contributed by atoms with Crippen molar-refractivity contribution in [3.8, 4) is 5.75 Å². The van der Waals surface area contributed by atoms with Crippen LogP contribution in [-0.4, -0.2) is 25.6 Å². The lowest BCUT2D eigenvalue weighted by Crippen LogP contribution is -2.13. The van der Waals surface area contributed by atoms with Crippen LogP contribution < -0.4 is 10.1 Å². The molecule has 0 unspecified atom stereocenters. The zero-order valence-corrected chi connectivity index (χ0v) is 12.5. The third-order valence-electron chi connectivity index (χ3n) is 2.71. The highest BCUT2D eigenvalue weighted by Crippen LogP contribution is 2.24. The van der Waals surface area contributed by atoms with Crippen molar-refractivity contribution in [3.63, 3.8) is 0 Å². The maximum atomic E-state index is 12.1. The Morgan fingerprint density at radius 3 is 2.52 bits per heavy atom. The molecule has 0 aliphatic heterocycles. The van der Waals surface area contributed by atoms with Crippen LogP contribution in [0.3, 0.4) is 0 Å². The standard InChI is InChI=1S/C15H15NO4S/c1-3-20-11-6-4-10(5-7-11)14(17)16-12-8-9-21-13(12)15(18)19-2/h4-9H,3H2,1-2H3,(H,16,17). The summed E-state index contributed by atoms with van der Waals surface area (Å²) in [6, 6.07) is 8.47. The molecule has 2 rings (SSSR count). The average molecular weight is 305 g/mol. The molecule has 1 amide bonds. The topological polar surface area (TPSA) is 64.6 Å². The molecule has 0 aliphatic carbocycles. The number of carbonyl (C=O) groups is 2. The molecule has 0 bridgehead atoms. The van der Waals surface area contributed by atoms with Gasteiger partial charge in [-0.05, 0) is 42.6 Å². The number of esters is 1. The fourth-order valence-electron chi connectivity index (χ4n) is 1.72. The van der Waals surface area contributed by atoms with Crippen LogP contribution in [0.5, 0.6) is 5.75 Å². The Hall–Kier alpha value is -2.34. The highest BCUT2D eigenvalue weighted by Gasteiger charge is 2.16. The van der Waals surface area contributed by atoms with Gasteiger partial charge in [-0.1, -0.05) is 0 Å². The number of anilines is 1. The lowest BCUT2D eigenvalue weighted by Gasteiger charge is -2.07. The minimum atomic E-state index is -0.466. The average Bonchev–Trinajstić information content (AvgIpc) is 2.95. The quantitative estimate of drug-likeness (QED) is 0.862. The number of hydrogen-bond acceptors (Lipinski definition) is 5. The smallest absolute Gasteiger partial charge is 0.350 e. The summed E-state index contributed by atoms with van der Waals surface area (Å²) in [5.41, 5.74) is 0.936. The summed E-state index contributed by atoms with van der Waals surface area (Å²) >= 11 is 1.22. The minimum absolute atomic E-state index is 0.290. The third kappa shape index (κ3) is 3.61. The van der Waals surface area contributed by atoms with Crippen molar-refractivity contribution in [2.45, 2.75) is 6.92 Å². The van der Waals surface area contributed by atoms with Gasteiger partial charge in [-0.3, -0.25) is 4.79 Å². The van der Waals surface area contributed by atoms with Crippen LogP contribution in [-0.2, 0) is 4.74 Å². The molecule has 0 aliphatic rings. The summed E-state index contributed by atoms with van der Waals surface area (Å²) < 4.78 is 9.99. The number of amides is 1. The highest BCUT2D eigenvalue weighted by molar-refractivity contribution is 7.12. The van der Waals surface area contributed by atoms with E-state index in [-0.39, 0.29) is 5.91 Å². The van der Waals surface area contributed by atoms with Gasteiger partial charge in [0.1, 0.15) is 10.6 Å². The first-order valence-electron chi connectivity index (χ1n) is 6.35. The van der Waals surface area contributed by atoms with Crippen LogP contribution in [0.2, 0.25) is 0 Å². The van der Waals surface area contributed by atoms with Gasteiger partial charge >= 0.3 is 5.97 Å². The van der Waals surface area contributed by atoms with Crippen LogP contribution in [0.25, 0.3) is 0 Å². The number of benzene rings is 1. The lowest BCUT2D eigenvalue weighted by atomic mass is 10.2. The number of hydrogen-bond donors (Lipinski definition) is 1. The molecule has 0 saturated heterocycles. The minimum Gasteiger partial charge on any atom is -0.494 e. The summed E-state index contributed by atoms with van der Waals surface area (Å²) in [7, 11) is 1.31. The first-order valence-corrected chi connectivity index (χ1v) is 7.23. The van der Waals surface area contributed by atoms with Crippen molar-refractivity contribution >= 4 is 28.9 Å². The Bertz CT molecular complexity index is 633. The fraction of sp³-hybridized carbons (Fsp3) is 0.200. The van der Waals surface area contributed by atoms with E-state index in [0.717, 1.165) is 0 Å². The number of nitrogens with one attached hydrogen (secondary N) is 1. The summed E-state index contributed by atoms with van der Waals surface area (Å²) in [6.07, 6.45) is 0. The predicted molar refractivity (Wildman–Crippen MR) is 81.2 cm³/mol. The maximum absolute atomic E-state index is 12.1. The first kappa shape index (κ1) is 15.1. The molecule has 6 heteroatoms. The largest absolute Gasteiger partial charge is 0.494 e. The van der Waals surface area contributed by atoms with E-state index in [1.165, 1.54) is 18.4 Å². The molecule has 0 radical (unpaired) electrons. The molecule has 1 aromatic carbocycles. The lowest BCUT2D eigenvalue weighted by molar-refractivity contribution is 0.0607. The second-order valence-corrected chi connectivity index (χ2v) is 4.98. The number of thiophene rings is 1. The van der Waals surface area contributed by atoms with Gasteiger partial charge in [0.15, 0.2) is 0 Å². The number of methoxy groups -OCH3 is 1. The molecule has 1 heterocycles. The Balaban J connectivity index is 2.11. The maximum Gasteiger partial charge on any atom is 0.350 e. The van der Waals surface area contributed by atoms with E-state index in [1.807, 2.05) is 6.92 Å². The molecule has 0 atom stereocenters. The van der Waals surface area contributed by atoms with Crippen molar-refractivity contribution in [1.82, 2.24) is 0 Å². The normalized spacial score (nSPS) is 10.0. The van der Waals surface area contributed by atoms with E-state index >= 15 is 0 Å². The van der Waals surface area contributed by atoms with E-state index in [1.54, 1.807) is 35.7 Å². The molecule has 1 aromatic heterocycles. The van der Waals surface area contributed by atoms with Gasteiger partial charge in [0, 0.05) is 5.56 Å². The highest BCUT2D eigenvalue weighted by atomic mass is 32.1. The van der Waals surface area contributed by atoms with Gasteiger partial charge in [0.05, 0.1) is 19.4 Å². The monoisotopic (exact) mass is 305 g/mol. The van der Waals surface area contributed by atoms with E-state index in [9.17, 15) is 9.59 Å². The SMILES string of the molecule is CCOc1ccc(C(=O)Nc2ccsc2C(=O)OC)cc1. The Labute approximate surface area is 126 Å². The first-order chi connectivity index (χ1) is 10.2. The van der Waals surface area contributed by atoms with Crippen molar-refractivity contribution in [2.75, 3.05) is 19.0 Å². The molecule has 0 saturated carbocycles. The second kappa shape index (κ2) is 6.90. The van der Waals surface area contributed by atoms with Gasteiger partial charge in [0.2, 0.25) is 0 Å². The van der Waals surface area contributed by atoms with Gasteiger partial charge in [-0.15, -0.1) is 11.3 Å². The molecule has 2 aromatic rings. The van der Waals surface area contributed by atoms with Gasteiger partial charge in [0.25, 0.3) is 5.91 Å².